The maximum absolute atomic E-state index is 12.5. The number of nitrogens with zero attached hydrogens (tertiary/aromatic N) is 1. The van der Waals surface area contributed by atoms with Crippen LogP contribution in [0.25, 0.3) is 5.57 Å². The monoisotopic (exact) mass is 350 g/mol. The Hall–Kier alpha value is -2.32. The average molecular weight is 350 g/mol. The highest BCUT2D eigenvalue weighted by atomic mass is 32.2. The molecule has 1 amide bonds. The Morgan fingerprint density at radius 3 is 2.65 bits per heavy atom. The quantitative estimate of drug-likeness (QED) is 0.885. The zero-order valence-corrected chi connectivity index (χ0v) is 13.8. The number of amides is 1. The molecule has 6 nitrogen and oxygen atoms in total. The molecule has 3 rings (SSSR count). The van der Waals surface area contributed by atoms with Crippen LogP contribution in [0.3, 0.4) is 0 Å². The van der Waals surface area contributed by atoms with Crippen molar-refractivity contribution in [1.82, 2.24) is 9.62 Å². The average Bonchev–Trinajstić information content (AvgIpc) is 3.02. The summed E-state index contributed by atoms with van der Waals surface area (Å²) in [6.07, 6.45) is 0. The molecule has 8 heteroatoms. The van der Waals surface area contributed by atoms with Gasteiger partial charge in [0.25, 0.3) is 15.9 Å². The second-order valence-corrected chi connectivity index (χ2v) is 8.04. The number of hydrogen-bond acceptors (Lipinski definition) is 5. The molecular weight excluding hydrogens is 336 g/mol. The Morgan fingerprint density at radius 1 is 1.26 bits per heavy atom. The highest BCUT2D eigenvalue weighted by molar-refractivity contribution is 7.91. The number of sulfonamides is 1. The van der Waals surface area contributed by atoms with Gasteiger partial charge in [0.2, 0.25) is 5.88 Å². The van der Waals surface area contributed by atoms with E-state index >= 15 is 0 Å². The van der Waals surface area contributed by atoms with E-state index in [1.807, 2.05) is 30.3 Å². The predicted octanol–water partition coefficient (Wildman–Crippen LogP) is 1.93. The molecule has 0 unspecified atom stereocenters. The first-order valence-electron chi connectivity index (χ1n) is 6.75. The van der Waals surface area contributed by atoms with Crippen LogP contribution >= 0.6 is 11.3 Å². The number of aliphatic hydroxyl groups is 1. The minimum absolute atomic E-state index is 0.0329. The van der Waals surface area contributed by atoms with Crippen molar-refractivity contribution >= 4 is 32.8 Å². The summed E-state index contributed by atoms with van der Waals surface area (Å²) in [5, 5.41) is 14.5. The molecule has 0 fully saturated rings. The molecule has 0 spiro atoms. The van der Waals surface area contributed by atoms with Crippen molar-refractivity contribution in [1.29, 1.82) is 0 Å². The Balaban J connectivity index is 1.93. The Kier molecular flexibility index (Phi) is 3.87. The number of fused-ring (bicyclic) bond motifs is 1. The van der Waals surface area contributed by atoms with Gasteiger partial charge in [0.05, 0.1) is 0 Å². The van der Waals surface area contributed by atoms with Crippen LogP contribution in [0.1, 0.15) is 11.1 Å². The summed E-state index contributed by atoms with van der Waals surface area (Å²) in [6.45, 7) is 0.284. The van der Waals surface area contributed by atoms with Gasteiger partial charge in [-0.3, -0.25) is 4.79 Å². The second kappa shape index (κ2) is 5.71. The van der Waals surface area contributed by atoms with E-state index in [-0.39, 0.29) is 21.9 Å². The fraction of sp³-hybridized carbons (Fsp3) is 0.133. The van der Waals surface area contributed by atoms with Crippen LogP contribution in [0.15, 0.2) is 51.9 Å². The van der Waals surface area contributed by atoms with Crippen LogP contribution in [-0.4, -0.2) is 30.8 Å². The normalized spacial score (nSPS) is 16.1. The molecule has 0 aliphatic carbocycles. The van der Waals surface area contributed by atoms with Crippen molar-refractivity contribution in [2.75, 3.05) is 7.05 Å². The number of benzene rings is 1. The summed E-state index contributed by atoms with van der Waals surface area (Å²) in [5.41, 5.74) is 1.11. The van der Waals surface area contributed by atoms with Crippen molar-refractivity contribution in [3.8, 4) is 0 Å². The van der Waals surface area contributed by atoms with Gasteiger partial charge < -0.3 is 10.4 Å². The van der Waals surface area contributed by atoms with E-state index in [1.54, 1.807) is 5.38 Å². The molecule has 2 aromatic rings. The van der Waals surface area contributed by atoms with E-state index in [1.165, 1.54) is 13.1 Å². The summed E-state index contributed by atoms with van der Waals surface area (Å²) in [4.78, 5) is 12.5. The van der Waals surface area contributed by atoms with E-state index in [0.29, 0.717) is 0 Å². The smallest absolute Gasteiger partial charge is 0.276 e. The van der Waals surface area contributed by atoms with Gasteiger partial charge >= 0.3 is 0 Å². The summed E-state index contributed by atoms with van der Waals surface area (Å²) in [5.74, 6) is -1.09. The number of thiophene rings is 1. The zero-order chi connectivity index (χ0) is 16.6. The number of aliphatic hydroxyl groups excluding tert-OH is 1. The maximum Gasteiger partial charge on any atom is 0.276 e. The van der Waals surface area contributed by atoms with Crippen LogP contribution in [0.2, 0.25) is 0 Å². The van der Waals surface area contributed by atoms with Gasteiger partial charge in [0, 0.05) is 19.2 Å². The molecule has 120 valence electrons. The van der Waals surface area contributed by atoms with Crippen molar-refractivity contribution in [2.45, 2.75) is 10.8 Å². The largest absolute Gasteiger partial charge is 0.493 e. The first-order chi connectivity index (χ1) is 10.9. The third-order valence-electron chi connectivity index (χ3n) is 3.54. The molecule has 0 radical (unpaired) electrons. The van der Waals surface area contributed by atoms with E-state index in [9.17, 15) is 18.3 Å². The molecule has 2 N–H and O–H groups in total. The van der Waals surface area contributed by atoms with Crippen LogP contribution in [0.4, 0.5) is 0 Å². The maximum atomic E-state index is 12.5. The topological polar surface area (TPSA) is 86.7 Å². The molecular formula is C15H14N2O4S2. The lowest BCUT2D eigenvalue weighted by molar-refractivity contribution is -0.115. The van der Waals surface area contributed by atoms with Gasteiger partial charge in [0.15, 0.2) is 0 Å². The Labute approximate surface area is 137 Å². The molecule has 0 atom stereocenters. The number of carbonyl (C=O) groups is 1. The second-order valence-electron chi connectivity index (χ2n) is 4.96. The van der Waals surface area contributed by atoms with E-state index in [2.05, 4.69) is 5.32 Å². The van der Waals surface area contributed by atoms with Crippen molar-refractivity contribution in [2.24, 2.45) is 0 Å². The van der Waals surface area contributed by atoms with Crippen LogP contribution < -0.4 is 5.32 Å². The van der Waals surface area contributed by atoms with Gasteiger partial charge in [-0.25, -0.2) is 12.7 Å². The molecule has 0 saturated carbocycles. The number of rotatable bonds is 3. The lowest BCUT2D eigenvalue weighted by atomic mass is 10.1. The molecule has 1 aliphatic rings. The van der Waals surface area contributed by atoms with E-state index in [4.69, 9.17) is 0 Å². The van der Waals surface area contributed by atoms with Gasteiger partial charge in [-0.2, -0.15) is 0 Å². The highest BCUT2D eigenvalue weighted by Gasteiger charge is 2.38. The fourth-order valence-corrected chi connectivity index (χ4v) is 4.92. The van der Waals surface area contributed by atoms with Crippen LogP contribution in [0, 0.1) is 0 Å². The third-order valence-corrected chi connectivity index (χ3v) is 6.75. The SMILES string of the molecule is CN1C(O)=C(C(=O)NCc2ccccc2)c2ccsc2S1(=O)=O. The molecule has 1 aromatic heterocycles. The highest BCUT2D eigenvalue weighted by Crippen LogP contribution is 2.38. The number of nitrogens with one attached hydrogen (secondary N) is 1. The first kappa shape index (κ1) is 15.6. The van der Waals surface area contributed by atoms with E-state index < -0.39 is 21.8 Å². The summed E-state index contributed by atoms with van der Waals surface area (Å²) in [6, 6.07) is 10.8. The van der Waals surface area contributed by atoms with Crippen LogP contribution in [0.5, 0.6) is 0 Å². The van der Waals surface area contributed by atoms with Gasteiger partial charge in [-0.15, -0.1) is 11.3 Å². The van der Waals surface area contributed by atoms with Gasteiger partial charge in [-0.1, -0.05) is 30.3 Å². The van der Waals surface area contributed by atoms with Crippen LogP contribution in [-0.2, 0) is 21.4 Å². The standard InChI is InChI=1S/C15H14N2O4S2/c1-17-14(19)12(11-7-8-22-15(11)23(17,20)21)13(18)16-9-10-5-3-2-4-6-10/h2-8,19H,9H2,1H3,(H,16,18). The summed E-state index contributed by atoms with van der Waals surface area (Å²) in [7, 11) is -2.58. The summed E-state index contributed by atoms with van der Waals surface area (Å²) < 4.78 is 25.3. The lowest BCUT2D eigenvalue weighted by Crippen LogP contribution is -2.35. The predicted molar refractivity (Wildman–Crippen MR) is 87.1 cm³/mol. The zero-order valence-electron chi connectivity index (χ0n) is 12.2. The minimum Gasteiger partial charge on any atom is -0.493 e. The van der Waals surface area contributed by atoms with Crippen molar-refractivity contribution in [3.63, 3.8) is 0 Å². The molecule has 2 heterocycles. The van der Waals surface area contributed by atoms with Crippen molar-refractivity contribution < 1.29 is 18.3 Å². The Morgan fingerprint density at radius 2 is 1.96 bits per heavy atom. The molecule has 23 heavy (non-hydrogen) atoms. The van der Waals surface area contributed by atoms with Gasteiger partial charge in [-0.05, 0) is 17.0 Å². The number of carbonyl (C=O) groups excluding carboxylic acids is 1. The number of hydrogen-bond donors (Lipinski definition) is 2. The molecule has 0 bridgehead atoms. The third kappa shape index (κ3) is 2.60. The Bertz CT molecular complexity index is 885. The molecule has 1 aromatic carbocycles. The summed E-state index contributed by atoms with van der Waals surface area (Å²) >= 11 is 1.02. The first-order valence-corrected chi connectivity index (χ1v) is 9.07. The minimum atomic E-state index is -3.80. The molecule has 0 saturated heterocycles. The van der Waals surface area contributed by atoms with E-state index in [0.717, 1.165) is 21.2 Å². The molecule has 1 aliphatic heterocycles. The van der Waals surface area contributed by atoms with Gasteiger partial charge in [0.1, 0.15) is 9.78 Å². The van der Waals surface area contributed by atoms with Crippen molar-refractivity contribution in [3.05, 3.63) is 58.8 Å². The fourth-order valence-electron chi connectivity index (χ4n) is 2.29. The lowest BCUT2D eigenvalue weighted by Gasteiger charge is -2.25.